The Balaban J connectivity index is 2.39. The lowest BCUT2D eigenvalue weighted by Gasteiger charge is -2.17. The minimum atomic E-state index is 0.460. The summed E-state index contributed by atoms with van der Waals surface area (Å²) in [6, 6.07) is 6.28. The summed E-state index contributed by atoms with van der Waals surface area (Å²) in [4.78, 5) is 3.37. The molecule has 0 aliphatic rings. The summed E-state index contributed by atoms with van der Waals surface area (Å²) in [6.07, 6.45) is 0. The van der Waals surface area contributed by atoms with E-state index in [4.69, 9.17) is 10.00 Å². The average molecular weight is 210 g/mol. The second kappa shape index (κ2) is 6.55. The predicted octanol–water partition coefficient (Wildman–Crippen LogP) is 1.72. The van der Waals surface area contributed by atoms with Gasteiger partial charge in [0, 0.05) is 25.1 Å². The normalized spacial score (nSPS) is 10.4. The first-order valence-electron chi connectivity index (χ1n) is 4.47. The minimum Gasteiger partial charge on any atom is -0.383 e. The zero-order chi connectivity index (χ0) is 10.2. The first-order valence-corrected chi connectivity index (χ1v) is 5.35. The van der Waals surface area contributed by atoms with Gasteiger partial charge < -0.3 is 4.74 Å². The van der Waals surface area contributed by atoms with E-state index >= 15 is 0 Å². The van der Waals surface area contributed by atoms with Gasteiger partial charge in [0.1, 0.15) is 0 Å². The number of nitrogens with zero attached hydrogens (tertiary/aromatic N) is 2. The summed E-state index contributed by atoms with van der Waals surface area (Å²) in [5.74, 6) is 0. The Labute approximate surface area is 88.5 Å². The highest BCUT2D eigenvalue weighted by atomic mass is 32.1. The molecule has 0 spiro atoms. The molecular weight excluding hydrogens is 196 g/mol. The molecule has 0 saturated heterocycles. The van der Waals surface area contributed by atoms with Gasteiger partial charge in [0.25, 0.3) is 0 Å². The second-order valence-corrected chi connectivity index (χ2v) is 3.97. The Morgan fingerprint density at radius 3 is 3.07 bits per heavy atom. The van der Waals surface area contributed by atoms with Crippen molar-refractivity contribution in [2.45, 2.75) is 6.54 Å². The van der Waals surface area contributed by atoms with Gasteiger partial charge in [-0.05, 0) is 11.4 Å². The van der Waals surface area contributed by atoms with Gasteiger partial charge >= 0.3 is 0 Å². The highest BCUT2D eigenvalue weighted by Crippen LogP contribution is 2.11. The number of rotatable bonds is 6. The van der Waals surface area contributed by atoms with Crippen molar-refractivity contribution in [3.63, 3.8) is 0 Å². The molecule has 0 amide bonds. The molecule has 0 atom stereocenters. The number of methoxy groups -OCH3 is 1. The lowest BCUT2D eigenvalue weighted by atomic mass is 10.4. The largest absolute Gasteiger partial charge is 0.383 e. The number of hydrogen-bond acceptors (Lipinski definition) is 4. The van der Waals surface area contributed by atoms with Crippen LogP contribution in [0.4, 0.5) is 0 Å². The summed E-state index contributed by atoms with van der Waals surface area (Å²) in [7, 11) is 1.68. The Bertz CT molecular complexity index is 279. The lowest BCUT2D eigenvalue weighted by Crippen LogP contribution is -2.26. The summed E-state index contributed by atoms with van der Waals surface area (Å²) >= 11 is 1.72. The van der Waals surface area contributed by atoms with Crippen LogP contribution in [0.25, 0.3) is 0 Å². The van der Waals surface area contributed by atoms with E-state index in [1.54, 1.807) is 18.4 Å². The van der Waals surface area contributed by atoms with E-state index in [0.717, 1.165) is 13.1 Å². The van der Waals surface area contributed by atoms with Crippen molar-refractivity contribution in [1.82, 2.24) is 4.90 Å². The van der Waals surface area contributed by atoms with Crippen molar-refractivity contribution in [2.24, 2.45) is 0 Å². The molecule has 0 aliphatic heterocycles. The predicted molar refractivity (Wildman–Crippen MR) is 57.1 cm³/mol. The van der Waals surface area contributed by atoms with E-state index in [1.165, 1.54) is 4.88 Å². The average Bonchev–Trinajstić information content (AvgIpc) is 2.67. The third-order valence-electron chi connectivity index (χ3n) is 1.87. The van der Waals surface area contributed by atoms with Crippen LogP contribution in [0.15, 0.2) is 17.5 Å². The monoisotopic (exact) mass is 210 g/mol. The molecular formula is C10H14N2OS. The van der Waals surface area contributed by atoms with Crippen LogP contribution in [-0.4, -0.2) is 31.7 Å². The van der Waals surface area contributed by atoms with E-state index in [0.29, 0.717) is 13.2 Å². The molecule has 1 rings (SSSR count). The molecule has 0 N–H and O–H groups in total. The molecule has 14 heavy (non-hydrogen) atoms. The second-order valence-electron chi connectivity index (χ2n) is 2.94. The van der Waals surface area contributed by atoms with Crippen molar-refractivity contribution >= 4 is 11.3 Å². The molecule has 1 aromatic heterocycles. The van der Waals surface area contributed by atoms with Crippen LogP contribution in [0.1, 0.15) is 4.88 Å². The first-order chi connectivity index (χ1) is 6.86. The molecule has 3 nitrogen and oxygen atoms in total. The quantitative estimate of drug-likeness (QED) is 0.671. The number of hydrogen-bond donors (Lipinski definition) is 0. The Morgan fingerprint density at radius 2 is 2.50 bits per heavy atom. The van der Waals surface area contributed by atoms with Crippen molar-refractivity contribution in [3.8, 4) is 6.07 Å². The van der Waals surface area contributed by atoms with Crippen LogP contribution in [0, 0.1) is 11.3 Å². The van der Waals surface area contributed by atoms with Gasteiger partial charge in [0.2, 0.25) is 0 Å². The molecule has 4 heteroatoms. The maximum atomic E-state index is 8.64. The van der Waals surface area contributed by atoms with E-state index < -0.39 is 0 Å². The fourth-order valence-corrected chi connectivity index (χ4v) is 1.90. The highest BCUT2D eigenvalue weighted by Gasteiger charge is 2.05. The molecule has 0 aromatic carbocycles. The summed E-state index contributed by atoms with van der Waals surface area (Å²) in [5.41, 5.74) is 0. The van der Waals surface area contributed by atoms with Crippen molar-refractivity contribution in [3.05, 3.63) is 22.4 Å². The third-order valence-corrected chi connectivity index (χ3v) is 2.73. The number of thiophene rings is 1. The standard InChI is InChI=1S/C10H14N2OS/c1-13-7-6-12(5-4-11)9-10-3-2-8-14-10/h2-3,8H,5-7,9H2,1H3. The lowest BCUT2D eigenvalue weighted by molar-refractivity contribution is 0.152. The van der Waals surface area contributed by atoms with Crippen LogP contribution in [0.5, 0.6) is 0 Å². The number of ether oxygens (including phenoxy) is 1. The first kappa shape index (κ1) is 11.2. The van der Waals surface area contributed by atoms with Crippen LogP contribution in [-0.2, 0) is 11.3 Å². The Kier molecular flexibility index (Phi) is 5.23. The molecule has 0 unspecified atom stereocenters. The van der Waals surface area contributed by atoms with Crippen LogP contribution >= 0.6 is 11.3 Å². The topological polar surface area (TPSA) is 36.3 Å². The molecule has 0 radical (unpaired) electrons. The molecule has 1 aromatic rings. The number of nitriles is 1. The van der Waals surface area contributed by atoms with Gasteiger partial charge in [-0.3, -0.25) is 4.90 Å². The summed E-state index contributed by atoms with van der Waals surface area (Å²) in [6.45, 7) is 2.78. The SMILES string of the molecule is COCCN(CC#N)Cc1cccs1. The molecule has 0 fully saturated rings. The molecule has 0 saturated carbocycles. The fraction of sp³-hybridized carbons (Fsp3) is 0.500. The Hall–Kier alpha value is -0.890. The third kappa shape index (κ3) is 3.88. The minimum absolute atomic E-state index is 0.460. The molecule has 0 bridgehead atoms. The van der Waals surface area contributed by atoms with Crippen LogP contribution in [0.3, 0.4) is 0 Å². The summed E-state index contributed by atoms with van der Waals surface area (Å²) in [5, 5.41) is 10.7. The van der Waals surface area contributed by atoms with Gasteiger partial charge in [-0.1, -0.05) is 6.07 Å². The van der Waals surface area contributed by atoms with Crippen molar-refractivity contribution in [1.29, 1.82) is 5.26 Å². The van der Waals surface area contributed by atoms with Crippen molar-refractivity contribution in [2.75, 3.05) is 26.8 Å². The Morgan fingerprint density at radius 1 is 1.64 bits per heavy atom. The summed E-state index contributed by atoms with van der Waals surface area (Å²) < 4.78 is 4.99. The maximum Gasteiger partial charge on any atom is 0.0869 e. The molecule has 1 heterocycles. The zero-order valence-corrected chi connectivity index (χ0v) is 9.09. The zero-order valence-electron chi connectivity index (χ0n) is 8.27. The van der Waals surface area contributed by atoms with Crippen LogP contribution < -0.4 is 0 Å². The fourth-order valence-electron chi connectivity index (χ4n) is 1.16. The van der Waals surface area contributed by atoms with E-state index in [-0.39, 0.29) is 0 Å². The van der Waals surface area contributed by atoms with E-state index in [9.17, 15) is 0 Å². The molecule has 76 valence electrons. The van der Waals surface area contributed by atoms with Crippen LogP contribution in [0.2, 0.25) is 0 Å². The van der Waals surface area contributed by atoms with E-state index in [1.807, 2.05) is 6.07 Å². The van der Waals surface area contributed by atoms with Gasteiger partial charge in [0.05, 0.1) is 19.2 Å². The van der Waals surface area contributed by atoms with Gasteiger partial charge in [-0.15, -0.1) is 11.3 Å². The van der Waals surface area contributed by atoms with E-state index in [2.05, 4.69) is 22.4 Å². The smallest absolute Gasteiger partial charge is 0.0869 e. The van der Waals surface area contributed by atoms with Gasteiger partial charge in [-0.2, -0.15) is 5.26 Å². The van der Waals surface area contributed by atoms with Crippen molar-refractivity contribution < 1.29 is 4.74 Å². The molecule has 0 aliphatic carbocycles. The maximum absolute atomic E-state index is 8.64. The van der Waals surface area contributed by atoms with Gasteiger partial charge in [-0.25, -0.2) is 0 Å². The van der Waals surface area contributed by atoms with Gasteiger partial charge in [0.15, 0.2) is 0 Å². The highest BCUT2D eigenvalue weighted by molar-refractivity contribution is 7.09.